The Morgan fingerprint density at radius 3 is 2.70 bits per heavy atom. The van der Waals surface area contributed by atoms with Gasteiger partial charge in [0.1, 0.15) is 6.54 Å². The van der Waals surface area contributed by atoms with Crippen LogP contribution in [0, 0.1) is 0 Å². The summed E-state index contributed by atoms with van der Waals surface area (Å²) in [5, 5.41) is 11.7. The van der Waals surface area contributed by atoms with E-state index in [1.807, 2.05) is 35.2 Å². The largest absolute Gasteiger partial charge is 0.481 e. The molecule has 2 N–H and O–H groups in total. The van der Waals surface area contributed by atoms with Gasteiger partial charge in [-0.05, 0) is 24.3 Å². The number of rotatable bonds is 6. The second kappa shape index (κ2) is 7.42. The molecule has 8 nitrogen and oxygen atoms in total. The van der Waals surface area contributed by atoms with Crippen LogP contribution in [0.3, 0.4) is 0 Å². The van der Waals surface area contributed by atoms with Gasteiger partial charge in [-0.3, -0.25) is 4.79 Å². The van der Waals surface area contributed by atoms with Gasteiger partial charge in [0, 0.05) is 30.5 Å². The van der Waals surface area contributed by atoms with Crippen molar-refractivity contribution < 1.29 is 19.4 Å². The SMILES string of the molecule is COc1cc2c(cn1)NC(=O)CN2c1ccc(N2CC(OCCO)C2)cc1. The maximum Gasteiger partial charge on any atom is 0.244 e. The first-order chi connectivity index (χ1) is 13.2. The molecule has 1 saturated heterocycles. The normalized spacial score (nSPS) is 16.6. The minimum atomic E-state index is -0.0786. The molecule has 1 aromatic heterocycles. The van der Waals surface area contributed by atoms with Gasteiger partial charge in [0.05, 0.1) is 44.0 Å². The Bertz CT molecular complexity index is 821. The number of benzene rings is 1. The highest BCUT2D eigenvalue weighted by atomic mass is 16.5. The Labute approximate surface area is 157 Å². The summed E-state index contributed by atoms with van der Waals surface area (Å²) in [6.07, 6.45) is 1.79. The Kier molecular flexibility index (Phi) is 4.83. The lowest BCUT2D eigenvalue weighted by Crippen LogP contribution is -2.52. The van der Waals surface area contributed by atoms with Crippen molar-refractivity contribution >= 4 is 28.7 Å². The van der Waals surface area contributed by atoms with Crippen molar-refractivity contribution in [3.05, 3.63) is 36.5 Å². The van der Waals surface area contributed by atoms with E-state index in [-0.39, 0.29) is 25.2 Å². The standard InChI is InChI=1S/C19H22N4O4/c1-26-19-8-17-16(9-20-19)21-18(25)12-23(17)14-4-2-13(3-5-14)22-10-15(11-22)27-7-6-24/h2-5,8-9,15,24H,6-7,10-12H2,1H3,(H,21,25). The molecule has 2 aromatic rings. The molecule has 3 heterocycles. The second-order valence-electron chi connectivity index (χ2n) is 6.52. The van der Waals surface area contributed by atoms with Crippen LogP contribution in [0.15, 0.2) is 36.5 Å². The van der Waals surface area contributed by atoms with Crippen LogP contribution in [0.2, 0.25) is 0 Å². The molecule has 0 bridgehead atoms. The number of fused-ring (bicyclic) bond motifs is 1. The summed E-state index contributed by atoms with van der Waals surface area (Å²) in [7, 11) is 1.57. The Morgan fingerprint density at radius 2 is 2.00 bits per heavy atom. The lowest BCUT2D eigenvalue weighted by atomic mass is 10.1. The van der Waals surface area contributed by atoms with Crippen LogP contribution in [0.25, 0.3) is 0 Å². The van der Waals surface area contributed by atoms with Gasteiger partial charge >= 0.3 is 0 Å². The number of nitrogens with one attached hydrogen (secondary N) is 1. The average Bonchev–Trinajstić information content (AvgIpc) is 2.66. The molecule has 2 aliphatic heterocycles. The van der Waals surface area contributed by atoms with Gasteiger partial charge in [0.2, 0.25) is 11.8 Å². The van der Waals surface area contributed by atoms with Crippen molar-refractivity contribution in [1.82, 2.24) is 4.98 Å². The molecule has 1 aromatic carbocycles. The Hall–Kier alpha value is -2.84. The topological polar surface area (TPSA) is 87.2 Å². The number of carbonyl (C=O) groups excluding carboxylic acids is 1. The summed E-state index contributed by atoms with van der Waals surface area (Å²) in [4.78, 5) is 20.4. The third-order valence-corrected chi connectivity index (χ3v) is 4.75. The summed E-state index contributed by atoms with van der Waals surface area (Å²) in [5.74, 6) is 0.422. The van der Waals surface area contributed by atoms with E-state index in [0.717, 1.165) is 30.2 Å². The quantitative estimate of drug-likeness (QED) is 0.794. The summed E-state index contributed by atoms with van der Waals surface area (Å²) in [6, 6.07) is 9.92. The van der Waals surface area contributed by atoms with E-state index < -0.39 is 0 Å². The molecule has 1 amide bonds. The highest BCUT2D eigenvalue weighted by Crippen LogP contribution is 2.37. The van der Waals surface area contributed by atoms with Crippen molar-refractivity contribution in [2.75, 3.05) is 55.1 Å². The molecule has 0 unspecified atom stereocenters. The van der Waals surface area contributed by atoms with Crippen LogP contribution in [-0.2, 0) is 9.53 Å². The second-order valence-corrected chi connectivity index (χ2v) is 6.52. The van der Waals surface area contributed by atoms with Crippen LogP contribution in [0.1, 0.15) is 0 Å². The number of carbonyl (C=O) groups is 1. The van der Waals surface area contributed by atoms with Crippen LogP contribution in [0.5, 0.6) is 5.88 Å². The number of methoxy groups -OCH3 is 1. The third kappa shape index (κ3) is 3.54. The van der Waals surface area contributed by atoms with Crippen molar-refractivity contribution in [3.63, 3.8) is 0 Å². The molecule has 0 saturated carbocycles. The van der Waals surface area contributed by atoms with Crippen molar-refractivity contribution in [2.45, 2.75) is 6.10 Å². The predicted molar refractivity (Wildman–Crippen MR) is 102 cm³/mol. The van der Waals surface area contributed by atoms with Crippen molar-refractivity contribution in [1.29, 1.82) is 0 Å². The lowest BCUT2D eigenvalue weighted by Gasteiger charge is -2.40. The zero-order valence-electron chi connectivity index (χ0n) is 15.1. The van der Waals surface area contributed by atoms with E-state index in [0.29, 0.717) is 18.2 Å². The summed E-state index contributed by atoms with van der Waals surface area (Å²) in [5.41, 5.74) is 3.56. The fraction of sp³-hybridized carbons (Fsp3) is 0.368. The Morgan fingerprint density at radius 1 is 1.26 bits per heavy atom. The number of pyridine rings is 1. The average molecular weight is 370 g/mol. The van der Waals surface area contributed by atoms with Gasteiger partial charge < -0.3 is 29.7 Å². The van der Waals surface area contributed by atoms with Gasteiger partial charge in [0.15, 0.2) is 0 Å². The number of hydrogen-bond donors (Lipinski definition) is 2. The van der Waals surface area contributed by atoms with Crippen LogP contribution in [0.4, 0.5) is 22.7 Å². The molecule has 2 aliphatic rings. The number of amides is 1. The fourth-order valence-electron chi connectivity index (χ4n) is 3.32. The first-order valence-electron chi connectivity index (χ1n) is 8.87. The highest BCUT2D eigenvalue weighted by Gasteiger charge is 2.28. The fourth-order valence-corrected chi connectivity index (χ4v) is 3.32. The van der Waals surface area contributed by atoms with E-state index in [2.05, 4.69) is 15.2 Å². The number of anilines is 4. The number of nitrogens with zero attached hydrogens (tertiary/aromatic N) is 3. The molecule has 0 atom stereocenters. The molecule has 1 fully saturated rings. The molecule has 0 radical (unpaired) electrons. The number of hydrogen-bond acceptors (Lipinski definition) is 7. The molecular formula is C19H22N4O4. The molecule has 0 spiro atoms. The number of aliphatic hydroxyl groups is 1. The summed E-state index contributed by atoms with van der Waals surface area (Å²) < 4.78 is 10.7. The van der Waals surface area contributed by atoms with E-state index in [1.165, 1.54) is 0 Å². The first kappa shape index (κ1) is 17.6. The number of aromatic nitrogens is 1. The molecular weight excluding hydrogens is 348 g/mol. The smallest absolute Gasteiger partial charge is 0.244 e. The van der Waals surface area contributed by atoms with E-state index >= 15 is 0 Å². The minimum Gasteiger partial charge on any atom is -0.481 e. The zero-order chi connectivity index (χ0) is 18.8. The van der Waals surface area contributed by atoms with Crippen molar-refractivity contribution in [3.8, 4) is 5.88 Å². The van der Waals surface area contributed by atoms with Crippen LogP contribution >= 0.6 is 0 Å². The maximum absolute atomic E-state index is 12.1. The molecule has 0 aliphatic carbocycles. The molecule has 4 rings (SSSR count). The zero-order valence-corrected chi connectivity index (χ0v) is 15.1. The molecule has 8 heteroatoms. The third-order valence-electron chi connectivity index (χ3n) is 4.75. The number of aliphatic hydroxyl groups excluding tert-OH is 1. The molecule has 27 heavy (non-hydrogen) atoms. The van der Waals surface area contributed by atoms with Gasteiger partial charge in [-0.1, -0.05) is 0 Å². The minimum absolute atomic E-state index is 0.0520. The summed E-state index contributed by atoms with van der Waals surface area (Å²) in [6.45, 7) is 2.30. The number of ether oxygens (including phenoxy) is 2. The Balaban J connectivity index is 1.51. The maximum atomic E-state index is 12.1. The van der Waals surface area contributed by atoms with Crippen molar-refractivity contribution in [2.24, 2.45) is 0 Å². The van der Waals surface area contributed by atoms with Crippen LogP contribution in [-0.4, -0.2) is 62.1 Å². The predicted octanol–water partition coefficient (Wildman–Crippen LogP) is 1.38. The van der Waals surface area contributed by atoms with E-state index in [1.54, 1.807) is 13.3 Å². The van der Waals surface area contributed by atoms with Gasteiger partial charge in [0.25, 0.3) is 0 Å². The summed E-state index contributed by atoms with van der Waals surface area (Å²) >= 11 is 0. The van der Waals surface area contributed by atoms with Gasteiger partial charge in [-0.25, -0.2) is 4.98 Å². The van der Waals surface area contributed by atoms with E-state index in [9.17, 15) is 4.79 Å². The highest BCUT2D eigenvalue weighted by molar-refractivity contribution is 6.03. The molecule has 142 valence electrons. The monoisotopic (exact) mass is 370 g/mol. The first-order valence-corrected chi connectivity index (χ1v) is 8.87. The van der Waals surface area contributed by atoms with Gasteiger partial charge in [-0.2, -0.15) is 0 Å². The van der Waals surface area contributed by atoms with E-state index in [4.69, 9.17) is 14.6 Å². The lowest BCUT2D eigenvalue weighted by molar-refractivity contribution is -0.115. The van der Waals surface area contributed by atoms with Crippen LogP contribution < -0.4 is 19.9 Å². The van der Waals surface area contributed by atoms with Gasteiger partial charge in [-0.15, -0.1) is 0 Å².